The Bertz CT molecular complexity index is 750. The number of hydrogen-bond donors (Lipinski definition) is 2. The molecule has 0 unspecified atom stereocenters. The lowest BCUT2D eigenvalue weighted by Gasteiger charge is -2.12. The maximum Gasteiger partial charge on any atom is 0.257 e. The number of halogens is 3. The predicted octanol–water partition coefficient (Wildman–Crippen LogP) is 5.08. The lowest BCUT2D eigenvalue weighted by atomic mass is 10.1. The van der Waals surface area contributed by atoms with Crippen LogP contribution in [0.5, 0.6) is 0 Å². The van der Waals surface area contributed by atoms with E-state index in [9.17, 15) is 4.79 Å². The smallest absolute Gasteiger partial charge is 0.257 e. The molecule has 1 amide bonds. The molecule has 0 aliphatic heterocycles. The van der Waals surface area contributed by atoms with Crippen LogP contribution in [0.3, 0.4) is 0 Å². The van der Waals surface area contributed by atoms with E-state index < -0.39 is 0 Å². The number of aryl methyl sites for hydroxylation is 1. The van der Waals surface area contributed by atoms with E-state index in [1.54, 1.807) is 18.2 Å². The van der Waals surface area contributed by atoms with Gasteiger partial charge in [-0.25, -0.2) is 0 Å². The Morgan fingerprint density at radius 1 is 1.05 bits per heavy atom. The van der Waals surface area contributed by atoms with Crippen molar-refractivity contribution in [1.82, 2.24) is 5.32 Å². The summed E-state index contributed by atoms with van der Waals surface area (Å²) in [4.78, 5) is 12.2. The van der Waals surface area contributed by atoms with Gasteiger partial charge in [-0.15, -0.1) is 0 Å². The van der Waals surface area contributed by atoms with E-state index in [1.807, 2.05) is 19.1 Å². The minimum absolute atomic E-state index is 0.119. The van der Waals surface area contributed by atoms with E-state index in [-0.39, 0.29) is 11.0 Å². The summed E-state index contributed by atoms with van der Waals surface area (Å²) >= 11 is 22.9. The molecule has 0 aliphatic rings. The molecule has 2 rings (SSSR count). The third-order valence-electron chi connectivity index (χ3n) is 2.87. The number of hydrogen-bond acceptors (Lipinski definition) is 2. The molecule has 0 spiro atoms. The number of rotatable bonds is 2. The van der Waals surface area contributed by atoms with Crippen molar-refractivity contribution in [3.63, 3.8) is 0 Å². The van der Waals surface area contributed by atoms with Crippen LogP contribution < -0.4 is 10.6 Å². The number of carbonyl (C=O) groups is 1. The number of anilines is 1. The van der Waals surface area contributed by atoms with Crippen molar-refractivity contribution in [2.75, 3.05) is 5.32 Å². The molecular formula is C15H11Cl3N2OS. The first kappa shape index (κ1) is 17.0. The molecule has 22 heavy (non-hydrogen) atoms. The number of benzene rings is 2. The summed E-state index contributed by atoms with van der Waals surface area (Å²) in [6.45, 7) is 1.85. The van der Waals surface area contributed by atoms with Crippen molar-refractivity contribution in [3.05, 3.63) is 62.6 Å². The van der Waals surface area contributed by atoms with Gasteiger partial charge in [0.1, 0.15) is 0 Å². The molecule has 7 heteroatoms. The van der Waals surface area contributed by atoms with E-state index in [0.717, 1.165) is 5.56 Å². The lowest BCUT2D eigenvalue weighted by Crippen LogP contribution is -2.34. The minimum atomic E-state index is -0.299. The first-order chi connectivity index (χ1) is 10.4. The molecule has 0 saturated heterocycles. The number of carbonyl (C=O) groups excluding carboxylic acids is 1. The molecule has 0 aromatic heterocycles. The van der Waals surface area contributed by atoms with Gasteiger partial charge < -0.3 is 5.32 Å². The summed E-state index contributed by atoms with van der Waals surface area (Å²) in [5, 5.41) is 6.56. The molecule has 0 atom stereocenters. The van der Waals surface area contributed by atoms with Gasteiger partial charge >= 0.3 is 0 Å². The second-order valence-corrected chi connectivity index (χ2v) is 6.10. The molecule has 2 N–H and O–H groups in total. The van der Waals surface area contributed by atoms with Gasteiger partial charge in [0.25, 0.3) is 5.91 Å². The summed E-state index contributed by atoms with van der Waals surface area (Å²) in [7, 11) is 0. The second kappa shape index (κ2) is 7.29. The molecule has 0 heterocycles. The van der Waals surface area contributed by atoms with Gasteiger partial charge in [-0.3, -0.25) is 10.1 Å². The highest BCUT2D eigenvalue weighted by molar-refractivity contribution is 7.80. The van der Waals surface area contributed by atoms with Crippen molar-refractivity contribution >= 4 is 63.7 Å². The van der Waals surface area contributed by atoms with Crippen LogP contribution in [0, 0.1) is 6.92 Å². The van der Waals surface area contributed by atoms with Crippen LogP contribution in [-0.2, 0) is 0 Å². The fourth-order valence-electron chi connectivity index (χ4n) is 1.77. The van der Waals surface area contributed by atoms with Crippen molar-refractivity contribution in [2.24, 2.45) is 0 Å². The Labute approximate surface area is 148 Å². The molecule has 0 saturated carbocycles. The average molecular weight is 374 g/mol. The molecule has 3 nitrogen and oxygen atoms in total. The third-order valence-corrected chi connectivity index (χ3v) is 4.11. The quantitative estimate of drug-likeness (QED) is 0.569. The van der Waals surface area contributed by atoms with Crippen molar-refractivity contribution in [2.45, 2.75) is 6.92 Å². The fraction of sp³-hybridized carbons (Fsp3) is 0.0667. The SMILES string of the molecule is Cc1ccccc1C(=O)NC(=S)Nc1cc(Cl)c(Cl)cc1Cl. The van der Waals surface area contributed by atoms with Crippen molar-refractivity contribution < 1.29 is 4.79 Å². The van der Waals surface area contributed by atoms with Crippen LogP contribution in [-0.4, -0.2) is 11.0 Å². The van der Waals surface area contributed by atoms with Crippen LogP contribution >= 0.6 is 47.0 Å². The van der Waals surface area contributed by atoms with Crippen LogP contribution in [0.15, 0.2) is 36.4 Å². The third kappa shape index (κ3) is 4.11. The molecular weight excluding hydrogens is 363 g/mol. The van der Waals surface area contributed by atoms with Gasteiger partial charge in [0.15, 0.2) is 5.11 Å². The zero-order valence-corrected chi connectivity index (χ0v) is 14.5. The summed E-state index contributed by atoms with van der Waals surface area (Å²) in [5.74, 6) is -0.299. The summed E-state index contributed by atoms with van der Waals surface area (Å²) in [6.07, 6.45) is 0. The van der Waals surface area contributed by atoms with Gasteiger partial charge in [0.2, 0.25) is 0 Å². The van der Waals surface area contributed by atoms with Gasteiger partial charge in [0, 0.05) is 5.56 Å². The van der Waals surface area contributed by atoms with E-state index in [2.05, 4.69) is 10.6 Å². The molecule has 2 aromatic carbocycles. The number of thiocarbonyl (C=S) groups is 1. The number of nitrogens with one attached hydrogen (secondary N) is 2. The lowest BCUT2D eigenvalue weighted by molar-refractivity contribution is 0.0977. The molecule has 0 radical (unpaired) electrons. The number of amides is 1. The predicted molar refractivity (Wildman–Crippen MR) is 96.3 cm³/mol. The zero-order chi connectivity index (χ0) is 16.3. The molecule has 0 bridgehead atoms. The summed E-state index contributed by atoms with van der Waals surface area (Å²) in [6, 6.07) is 10.3. The van der Waals surface area contributed by atoms with Crippen LogP contribution in [0.2, 0.25) is 15.1 Å². The highest BCUT2D eigenvalue weighted by Gasteiger charge is 2.12. The Morgan fingerprint density at radius 2 is 1.68 bits per heavy atom. The fourth-order valence-corrected chi connectivity index (χ4v) is 2.57. The Hall–Kier alpha value is -1.33. The highest BCUT2D eigenvalue weighted by atomic mass is 35.5. The van der Waals surface area contributed by atoms with E-state index in [0.29, 0.717) is 26.3 Å². The first-order valence-corrected chi connectivity index (χ1v) is 7.75. The van der Waals surface area contributed by atoms with Gasteiger partial charge in [-0.05, 0) is 42.9 Å². The summed E-state index contributed by atoms with van der Waals surface area (Å²) < 4.78 is 0. The van der Waals surface area contributed by atoms with Crippen LogP contribution in [0.25, 0.3) is 0 Å². The monoisotopic (exact) mass is 372 g/mol. The minimum Gasteiger partial charge on any atom is -0.331 e. The Kier molecular flexibility index (Phi) is 5.64. The molecule has 0 fully saturated rings. The molecule has 114 valence electrons. The van der Waals surface area contributed by atoms with Crippen LogP contribution in [0.1, 0.15) is 15.9 Å². The largest absolute Gasteiger partial charge is 0.331 e. The van der Waals surface area contributed by atoms with Gasteiger partial charge in [-0.1, -0.05) is 53.0 Å². The highest BCUT2D eigenvalue weighted by Crippen LogP contribution is 2.32. The average Bonchev–Trinajstić information content (AvgIpc) is 2.45. The molecule has 2 aromatic rings. The van der Waals surface area contributed by atoms with Crippen molar-refractivity contribution in [3.8, 4) is 0 Å². The Morgan fingerprint density at radius 3 is 2.36 bits per heavy atom. The maximum atomic E-state index is 12.2. The first-order valence-electron chi connectivity index (χ1n) is 6.21. The second-order valence-electron chi connectivity index (χ2n) is 4.47. The van der Waals surface area contributed by atoms with E-state index in [4.69, 9.17) is 47.0 Å². The van der Waals surface area contributed by atoms with Gasteiger partial charge in [0.05, 0.1) is 20.8 Å². The van der Waals surface area contributed by atoms with E-state index in [1.165, 1.54) is 6.07 Å². The topological polar surface area (TPSA) is 41.1 Å². The molecule has 0 aliphatic carbocycles. The Balaban J connectivity index is 2.09. The standard InChI is InChI=1S/C15H11Cl3N2OS/c1-8-4-2-3-5-9(8)14(21)20-15(22)19-13-7-11(17)10(16)6-12(13)18/h2-7H,1H3,(H2,19,20,21,22). The van der Waals surface area contributed by atoms with Gasteiger partial charge in [-0.2, -0.15) is 0 Å². The van der Waals surface area contributed by atoms with Crippen molar-refractivity contribution in [1.29, 1.82) is 0 Å². The zero-order valence-electron chi connectivity index (χ0n) is 11.4. The van der Waals surface area contributed by atoms with E-state index >= 15 is 0 Å². The van der Waals surface area contributed by atoms with Crippen LogP contribution in [0.4, 0.5) is 5.69 Å². The maximum absolute atomic E-state index is 12.2. The summed E-state index contributed by atoms with van der Waals surface area (Å²) in [5.41, 5.74) is 1.87. The normalized spacial score (nSPS) is 10.2.